The predicted molar refractivity (Wildman–Crippen MR) is 68.2 cm³/mol. The molecule has 0 heterocycles. The number of hydrogen-bond donors (Lipinski definition) is 2. The van der Waals surface area contributed by atoms with Crippen molar-refractivity contribution in [3.8, 4) is 0 Å². The maximum atomic E-state index is 8.46. The highest BCUT2D eigenvalue weighted by Gasteiger charge is 2.06. The first kappa shape index (κ1) is 13.5. The van der Waals surface area contributed by atoms with Crippen LogP contribution in [0.15, 0.2) is 35.5 Å². The summed E-state index contributed by atoms with van der Waals surface area (Å²) in [5, 5.41) is 11.4. The maximum absolute atomic E-state index is 8.46. The van der Waals surface area contributed by atoms with Gasteiger partial charge in [-0.1, -0.05) is 42.4 Å². The van der Waals surface area contributed by atoms with Gasteiger partial charge in [-0.25, -0.2) is 0 Å². The molecule has 0 aliphatic carbocycles. The third kappa shape index (κ3) is 5.36. The van der Waals surface area contributed by atoms with Crippen molar-refractivity contribution in [3.63, 3.8) is 0 Å². The second kappa shape index (κ2) is 7.68. The number of ether oxygens (including phenoxy) is 1. The van der Waals surface area contributed by atoms with E-state index in [0.717, 1.165) is 12.8 Å². The number of amidine groups is 1. The van der Waals surface area contributed by atoms with Crippen LogP contribution in [0, 0.1) is 5.92 Å². The second-order valence-corrected chi connectivity index (χ2v) is 4.09. The summed E-state index contributed by atoms with van der Waals surface area (Å²) < 4.78 is 5.47. The van der Waals surface area contributed by atoms with E-state index in [9.17, 15) is 0 Å². The summed E-state index contributed by atoms with van der Waals surface area (Å²) in [6.45, 7) is 3.05. The first-order chi connectivity index (χ1) is 8.24. The third-order valence-corrected chi connectivity index (χ3v) is 2.59. The minimum absolute atomic E-state index is 0.0447. The molecule has 0 spiro atoms. The molecule has 1 unspecified atom stereocenters. The Labute approximate surface area is 102 Å². The fourth-order valence-electron chi connectivity index (χ4n) is 1.47. The Kier molecular flexibility index (Phi) is 6.10. The Morgan fingerprint density at radius 3 is 2.76 bits per heavy atom. The zero-order chi connectivity index (χ0) is 12.5. The molecule has 94 valence electrons. The topological polar surface area (TPSA) is 67.8 Å². The molecular weight excluding hydrogens is 216 g/mol. The van der Waals surface area contributed by atoms with E-state index in [-0.39, 0.29) is 11.8 Å². The van der Waals surface area contributed by atoms with Crippen molar-refractivity contribution in [2.45, 2.75) is 19.8 Å². The van der Waals surface area contributed by atoms with Crippen LogP contribution >= 0.6 is 0 Å². The van der Waals surface area contributed by atoms with E-state index in [1.165, 1.54) is 5.56 Å². The number of hydrogen-bond acceptors (Lipinski definition) is 3. The lowest BCUT2D eigenvalue weighted by Gasteiger charge is -2.10. The average Bonchev–Trinajstić information content (AvgIpc) is 2.38. The monoisotopic (exact) mass is 236 g/mol. The summed E-state index contributed by atoms with van der Waals surface area (Å²) in [5.41, 5.74) is 6.76. The molecule has 17 heavy (non-hydrogen) atoms. The van der Waals surface area contributed by atoms with Crippen molar-refractivity contribution in [2.75, 3.05) is 13.2 Å². The highest BCUT2D eigenvalue weighted by molar-refractivity contribution is 5.81. The predicted octanol–water partition coefficient (Wildman–Crippen LogP) is 2.02. The average molecular weight is 236 g/mol. The molecule has 0 aliphatic heterocycles. The second-order valence-electron chi connectivity index (χ2n) is 4.09. The minimum atomic E-state index is -0.0447. The Bertz CT molecular complexity index is 339. The quantitative estimate of drug-likeness (QED) is 0.250. The molecule has 0 radical (unpaired) electrons. The van der Waals surface area contributed by atoms with Gasteiger partial charge in [0.05, 0.1) is 6.61 Å². The van der Waals surface area contributed by atoms with Crippen molar-refractivity contribution in [1.29, 1.82) is 0 Å². The number of nitrogens with zero attached hydrogens (tertiary/aromatic N) is 1. The van der Waals surface area contributed by atoms with Gasteiger partial charge < -0.3 is 15.7 Å². The standard InChI is InChI=1S/C13H20N2O2/c1-11(13(14)15-16)10-17-9-5-8-12-6-3-2-4-7-12/h2-4,6-7,11,16H,5,8-10H2,1H3,(H2,14,15). The van der Waals surface area contributed by atoms with Gasteiger partial charge in [-0.2, -0.15) is 0 Å². The molecular formula is C13H20N2O2. The molecule has 0 amide bonds. The lowest BCUT2D eigenvalue weighted by molar-refractivity contribution is 0.118. The van der Waals surface area contributed by atoms with E-state index in [1.54, 1.807) is 0 Å². The molecule has 0 bridgehead atoms. The third-order valence-electron chi connectivity index (χ3n) is 2.59. The molecule has 1 rings (SSSR count). The molecule has 0 saturated heterocycles. The van der Waals surface area contributed by atoms with Crippen LogP contribution in [0.2, 0.25) is 0 Å². The van der Waals surface area contributed by atoms with Crippen molar-refractivity contribution in [2.24, 2.45) is 16.8 Å². The van der Waals surface area contributed by atoms with Crippen LogP contribution in [0.1, 0.15) is 18.9 Å². The number of benzene rings is 1. The van der Waals surface area contributed by atoms with Crippen molar-refractivity contribution in [3.05, 3.63) is 35.9 Å². The van der Waals surface area contributed by atoms with Gasteiger partial charge in [0.25, 0.3) is 0 Å². The number of aryl methyl sites for hydroxylation is 1. The maximum Gasteiger partial charge on any atom is 0.144 e. The zero-order valence-corrected chi connectivity index (χ0v) is 10.2. The summed E-state index contributed by atoms with van der Waals surface area (Å²) in [4.78, 5) is 0. The van der Waals surface area contributed by atoms with Crippen LogP contribution in [-0.4, -0.2) is 24.3 Å². The van der Waals surface area contributed by atoms with Gasteiger partial charge >= 0.3 is 0 Å². The molecule has 1 atom stereocenters. The summed E-state index contributed by atoms with van der Waals surface area (Å²) in [6, 6.07) is 10.3. The number of nitrogens with two attached hydrogens (primary N) is 1. The highest BCUT2D eigenvalue weighted by atomic mass is 16.5. The van der Waals surface area contributed by atoms with Crippen LogP contribution < -0.4 is 5.73 Å². The van der Waals surface area contributed by atoms with Crippen LogP contribution in [0.25, 0.3) is 0 Å². The Morgan fingerprint density at radius 2 is 2.12 bits per heavy atom. The first-order valence-electron chi connectivity index (χ1n) is 5.83. The van der Waals surface area contributed by atoms with Gasteiger partial charge in [0.15, 0.2) is 0 Å². The molecule has 0 fully saturated rings. The Balaban J connectivity index is 2.09. The van der Waals surface area contributed by atoms with Gasteiger partial charge in [-0.15, -0.1) is 0 Å². The van der Waals surface area contributed by atoms with E-state index in [1.807, 2.05) is 25.1 Å². The van der Waals surface area contributed by atoms with Crippen molar-refractivity contribution >= 4 is 5.84 Å². The van der Waals surface area contributed by atoms with Gasteiger partial charge in [-0.05, 0) is 18.4 Å². The molecule has 1 aromatic carbocycles. The van der Waals surface area contributed by atoms with Gasteiger partial charge in [0, 0.05) is 12.5 Å². The van der Waals surface area contributed by atoms with E-state index in [2.05, 4.69) is 17.3 Å². The van der Waals surface area contributed by atoms with Gasteiger partial charge in [-0.3, -0.25) is 0 Å². The zero-order valence-electron chi connectivity index (χ0n) is 10.2. The smallest absolute Gasteiger partial charge is 0.144 e. The van der Waals surface area contributed by atoms with Crippen molar-refractivity contribution in [1.82, 2.24) is 0 Å². The molecule has 3 N–H and O–H groups in total. The fourth-order valence-corrected chi connectivity index (χ4v) is 1.47. The largest absolute Gasteiger partial charge is 0.409 e. The molecule has 0 aromatic heterocycles. The van der Waals surface area contributed by atoms with Crippen molar-refractivity contribution < 1.29 is 9.94 Å². The lowest BCUT2D eigenvalue weighted by atomic mass is 10.1. The van der Waals surface area contributed by atoms with Crippen LogP contribution in [0.5, 0.6) is 0 Å². The van der Waals surface area contributed by atoms with Crippen LogP contribution in [-0.2, 0) is 11.2 Å². The van der Waals surface area contributed by atoms with Crippen LogP contribution in [0.3, 0.4) is 0 Å². The number of oxime groups is 1. The normalized spacial score (nSPS) is 13.6. The Morgan fingerprint density at radius 1 is 1.41 bits per heavy atom. The van der Waals surface area contributed by atoms with Gasteiger partial charge in [0.1, 0.15) is 5.84 Å². The SMILES string of the molecule is CC(COCCCc1ccccc1)C(N)=NO. The molecule has 4 heteroatoms. The highest BCUT2D eigenvalue weighted by Crippen LogP contribution is 2.03. The van der Waals surface area contributed by atoms with E-state index < -0.39 is 0 Å². The lowest BCUT2D eigenvalue weighted by Crippen LogP contribution is -2.25. The van der Waals surface area contributed by atoms with Crippen LogP contribution in [0.4, 0.5) is 0 Å². The molecule has 0 saturated carbocycles. The summed E-state index contributed by atoms with van der Waals surface area (Å²) in [6.07, 6.45) is 1.99. The summed E-state index contributed by atoms with van der Waals surface area (Å²) >= 11 is 0. The van der Waals surface area contributed by atoms with E-state index in [0.29, 0.717) is 13.2 Å². The van der Waals surface area contributed by atoms with E-state index >= 15 is 0 Å². The fraction of sp³-hybridized carbons (Fsp3) is 0.462. The minimum Gasteiger partial charge on any atom is -0.409 e. The number of rotatable bonds is 7. The molecule has 0 aliphatic rings. The van der Waals surface area contributed by atoms with E-state index in [4.69, 9.17) is 15.7 Å². The van der Waals surface area contributed by atoms with Gasteiger partial charge in [0.2, 0.25) is 0 Å². The summed E-state index contributed by atoms with van der Waals surface area (Å²) in [7, 11) is 0. The Hall–Kier alpha value is -1.55. The molecule has 4 nitrogen and oxygen atoms in total. The first-order valence-corrected chi connectivity index (χ1v) is 5.83. The molecule has 1 aromatic rings. The summed E-state index contributed by atoms with van der Waals surface area (Å²) in [5.74, 6) is 0.171.